The first-order valence-corrected chi connectivity index (χ1v) is 20.5. The quantitative estimate of drug-likeness (QED) is 0.126. The molecule has 0 heterocycles. The van der Waals surface area contributed by atoms with E-state index in [4.69, 9.17) is 16.6 Å². The third kappa shape index (κ3) is 9.73. The molecule has 4 aromatic carbocycles. The lowest BCUT2D eigenvalue weighted by molar-refractivity contribution is -0.131. The zero-order valence-electron chi connectivity index (χ0n) is 37.0. The molecule has 58 heavy (non-hydrogen) atoms. The maximum atomic E-state index is 11.5. The Bertz CT molecular complexity index is 2150. The first-order chi connectivity index (χ1) is 27.0. The van der Waals surface area contributed by atoms with Crippen LogP contribution in [0.2, 0.25) is 0 Å². The van der Waals surface area contributed by atoms with Gasteiger partial charge in [0.1, 0.15) is 5.92 Å². The number of nitrogens with two attached hydrogens (primary N) is 2. The minimum Gasteiger partial charge on any atom is -0.400 e. The SMILES string of the molecule is C=C(c1ccc(CC(C(N)=O)C(N)=O)cc1)c1cc2c(cc1C)C(C)(C)CCC2(C)C.C=C(c1ccc(CO)cc1)c1cc2c(cc1C)C(C)(C)CCC2(C)C.CO. The van der Waals surface area contributed by atoms with E-state index in [0.717, 1.165) is 52.5 Å². The lowest BCUT2D eigenvalue weighted by Gasteiger charge is -2.42. The Labute approximate surface area is 348 Å². The van der Waals surface area contributed by atoms with Gasteiger partial charge in [0.15, 0.2) is 0 Å². The van der Waals surface area contributed by atoms with E-state index in [0.29, 0.717) is 0 Å². The second-order valence-electron chi connectivity index (χ2n) is 19.0. The molecule has 0 saturated heterocycles. The highest BCUT2D eigenvalue weighted by molar-refractivity contribution is 5.99. The second kappa shape index (κ2) is 17.6. The van der Waals surface area contributed by atoms with E-state index in [1.807, 2.05) is 36.4 Å². The molecule has 6 heteroatoms. The summed E-state index contributed by atoms with van der Waals surface area (Å²) in [5.41, 5.74) is 28.0. The molecule has 0 saturated carbocycles. The molecule has 0 fully saturated rings. The van der Waals surface area contributed by atoms with Crippen LogP contribution in [0.4, 0.5) is 0 Å². The smallest absolute Gasteiger partial charge is 0.230 e. The molecule has 2 amide bonds. The van der Waals surface area contributed by atoms with E-state index in [1.54, 1.807) is 0 Å². The first kappa shape index (κ1) is 45.9. The molecule has 0 radical (unpaired) electrons. The van der Waals surface area contributed by atoms with E-state index >= 15 is 0 Å². The van der Waals surface area contributed by atoms with Crippen LogP contribution in [-0.4, -0.2) is 29.1 Å². The zero-order chi connectivity index (χ0) is 43.5. The van der Waals surface area contributed by atoms with Gasteiger partial charge in [-0.05, 0) is 146 Å². The highest BCUT2D eigenvalue weighted by atomic mass is 16.3. The van der Waals surface area contributed by atoms with Crippen molar-refractivity contribution in [3.8, 4) is 0 Å². The van der Waals surface area contributed by atoms with Gasteiger partial charge in [-0.3, -0.25) is 9.59 Å². The van der Waals surface area contributed by atoms with Crippen LogP contribution in [0.15, 0.2) is 86.0 Å². The number of hydrogen-bond donors (Lipinski definition) is 4. The van der Waals surface area contributed by atoms with Crippen LogP contribution in [-0.2, 0) is 44.3 Å². The van der Waals surface area contributed by atoms with Crippen LogP contribution in [0.5, 0.6) is 0 Å². The Balaban J connectivity index is 0.000000251. The van der Waals surface area contributed by atoms with Crippen molar-refractivity contribution in [3.63, 3.8) is 0 Å². The van der Waals surface area contributed by atoms with Gasteiger partial charge in [0, 0.05) is 7.11 Å². The topological polar surface area (TPSA) is 127 Å². The van der Waals surface area contributed by atoms with Gasteiger partial charge in [-0.1, -0.05) is 141 Å². The molecular formula is C52H68N2O4. The molecular weight excluding hydrogens is 717 g/mol. The number of hydrogen-bond acceptors (Lipinski definition) is 4. The summed E-state index contributed by atoms with van der Waals surface area (Å²) in [5, 5.41) is 16.2. The van der Waals surface area contributed by atoms with Crippen molar-refractivity contribution in [2.45, 2.75) is 130 Å². The summed E-state index contributed by atoms with van der Waals surface area (Å²) in [5.74, 6) is -2.39. The molecule has 0 aliphatic heterocycles. The average Bonchev–Trinajstić information content (AvgIpc) is 3.18. The summed E-state index contributed by atoms with van der Waals surface area (Å²) >= 11 is 0. The van der Waals surface area contributed by atoms with E-state index in [-0.39, 0.29) is 34.7 Å². The van der Waals surface area contributed by atoms with Crippen LogP contribution in [0.3, 0.4) is 0 Å². The number of benzene rings is 4. The molecule has 0 atom stereocenters. The molecule has 2 aliphatic rings. The standard InChI is InChI=1S/C27H34N2O2.C24H30O.CH4O/c1-16-13-22-23(27(5,6)12-11-26(22,3)4)15-20(16)17(2)19-9-7-18(8-10-19)14-21(24(28)30)25(29)31;1-16-13-21-22(24(5,6)12-11-23(21,3)4)14-20(16)17(2)19-9-7-18(15-25)8-10-19;1-2/h7-10,13,15,21H,2,11-12,14H2,1,3-6H3,(H2,28,30)(H2,29,31);7-10,13-14,25H,2,11-12,15H2,1,3-6H3;2H,1H3. The number of fused-ring (bicyclic) bond motifs is 2. The number of aliphatic hydroxyl groups excluding tert-OH is 2. The van der Waals surface area contributed by atoms with Gasteiger partial charge in [0.05, 0.1) is 6.61 Å². The molecule has 6 N–H and O–H groups in total. The van der Waals surface area contributed by atoms with Crippen LogP contribution in [0.1, 0.15) is 148 Å². The second-order valence-corrected chi connectivity index (χ2v) is 19.0. The molecule has 0 spiro atoms. The van der Waals surface area contributed by atoms with Gasteiger partial charge in [-0.15, -0.1) is 0 Å². The summed E-state index contributed by atoms with van der Waals surface area (Å²) < 4.78 is 0. The Kier molecular flexibility index (Phi) is 13.9. The van der Waals surface area contributed by atoms with Crippen LogP contribution in [0, 0.1) is 19.8 Å². The van der Waals surface area contributed by atoms with Gasteiger partial charge in [0.2, 0.25) is 11.8 Å². The number of aliphatic hydroxyl groups is 2. The van der Waals surface area contributed by atoms with Gasteiger partial charge in [0.25, 0.3) is 0 Å². The van der Waals surface area contributed by atoms with Gasteiger partial charge < -0.3 is 21.7 Å². The predicted molar refractivity (Wildman–Crippen MR) is 242 cm³/mol. The lowest BCUT2D eigenvalue weighted by Crippen LogP contribution is -2.36. The third-order valence-corrected chi connectivity index (χ3v) is 13.0. The number of carbonyl (C=O) groups excluding carboxylic acids is 2. The fourth-order valence-electron chi connectivity index (χ4n) is 8.64. The minimum absolute atomic E-state index is 0.0773. The van der Waals surface area contributed by atoms with E-state index in [9.17, 15) is 14.7 Å². The van der Waals surface area contributed by atoms with Crippen molar-refractivity contribution in [2.75, 3.05) is 7.11 Å². The summed E-state index contributed by atoms with van der Waals surface area (Å²) in [7, 11) is 1.00. The van der Waals surface area contributed by atoms with Crippen molar-refractivity contribution in [2.24, 2.45) is 17.4 Å². The summed E-state index contributed by atoms with van der Waals surface area (Å²) in [6.07, 6.45) is 5.00. The van der Waals surface area contributed by atoms with Gasteiger partial charge in [-0.25, -0.2) is 0 Å². The lowest BCUT2D eigenvalue weighted by atomic mass is 9.62. The summed E-state index contributed by atoms with van der Waals surface area (Å²) in [4.78, 5) is 22.9. The maximum Gasteiger partial charge on any atom is 0.230 e. The Hall–Kier alpha value is -4.78. The largest absolute Gasteiger partial charge is 0.400 e. The van der Waals surface area contributed by atoms with Crippen molar-refractivity contribution in [1.82, 2.24) is 0 Å². The van der Waals surface area contributed by atoms with Crippen LogP contribution < -0.4 is 11.5 Å². The molecule has 0 bridgehead atoms. The van der Waals surface area contributed by atoms with Crippen LogP contribution >= 0.6 is 0 Å². The van der Waals surface area contributed by atoms with Gasteiger partial charge >= 0.3 is 0 Å². The first-order valence-electron chi connectivity index (χ1n) is 20.5. The molecule has 6 rings (SSSR count). The summed E-state index contributed by atoms with van der Waals surface area (Å²) in [6.45, 7) is 32.0. The fraction of sp³-hybridized carbons (Fsp3) is 0.423. The zero-order valence-corrected chi connectivity index (χ0v) is 37.0. The Morgan fingerprint density at radius 3 is 1.16 bits per heavy atom. The molecule has 0 aromatic heterocycles. The summed E-state index contributed by atoms with van der Waals surface area (Å²) in [6, 6.07) is 25.3. The Morgan fingerprint density at radius 1 is 0.569 bits per heavy atom. The number of aryl methyl sites for hydroxylation is 2. The van der Waals surface area contributed by atoms with Crippen molar-refractivity contribution >= 4 is 23.0 Å². The minimum atomic E-state index is -0.998. The van der Waals surface area contributed by atoms with Crippen molar-refractivity contribution in [3.05, 3.63) is 153 Å². The average molecular weight is 785 g/mol. The number of primary amides is 2. The number of amides is 2. The molecule has 2 aliphatic carbocycles. The normalized spacial score (nSPS) is 16.7. The molecule has 4 aromatic rings. The maximum absolute atomic E-state index is 11.5. The number of rotatable bonds is 9. The predicted octanol–water partition coefficient (Wildman–Crippen LogP) is 10.0. The Morgan fingerprint density at radius 2 is 0.862 bits per heavy atom. The molecule has 6 nitrogen and oxygen atoms in total. The van der Waals surface area contributed by atoms with E-state index in [1.165, 1.54) is 58.2 Å². The molecule has 310 valence electrons. The van der Waals surface area contributed by atoms with Crippen molar-refractivity contribution < 1.29 is 19.8 Å². The highest BCUT2D eigenvalue weighted by Gasteiger charge is 2.39. The van der Waals surface area contributed by atoms with Crippen LogP contribution in [0.25, 0.3) is 11.1 Å². The number of carbonyl (C=O) groups is 2. The monoisotopic (exact) mass is 785 g/mol. The van der Waals surface area contributed by atoms with Crippen molar-refractivity contribution in [1.29, 1.82) is 0 Å². The highest BCUT2D eigenvalue weighted by Crippen LogP contribution is 2.49. The fourth-order valence-corrected chi connectivity index (χ4v) is 8.64. The molecule has 0 unspecified atom stereocenters. The van der Waals surface area contributed by atoms with Gasteiger partial charge in [-0.2, -0.15) is 0 Å². The van der Waals surface area contributed by atoms with E-state index in [2.05, 4.69) is 119 Å². The third-order valence-electron chi connectivity index (χ3n) is 13.0. The van der Waals surface area contributed by atoms with E-state index < -0.39 is 17.7 Å².